The molecule has 1 saturated heterocycles. The number of rotatable bonds is 5. The largest absolute Gasteiger partial charge is 0.481 e. The summed E-state index contributed by atoms with van der Waals surface area (Å²) in [5.41, 5.74) is 0. The highest BCUT2D eigenvalue weighted by Gasteiger charge is 2.69. The maximum absolute atomic E-state index is 13.4. The van der Waals surface area contributed by atoms with Crippen molar-refractivity contribution < 1.29 is 18.3 Å². The summed E-state index contributed by atoms with van der Waals surface area (Å²) in [7, 11) is -5.99. The third kappa shape index (κ3) is 2.64. The van der Waals surface area contributed by atoms with E-state index in [2.05, 4.69) is 15.9 Å². The fourth-order valence-electron chi connectivity index (χ4n) is 4.56. The summed E-state index contributed by atoms with van der Waals surface area (Å²) in [6, 6.07) is 3.64. The lowest BCUT2D eigenvalue weighted by Crippen LogP contribution is -2.62. The van der Waals surface area contributed by atoms with Crippen molar-refractivity contribution in [3.8, 4) is 0 Å². The summed E-state index contributed by atoms with van der Waals surface area (Å²) in [6.45, 7) is 7.79. The molecule has 1 fully saturated rings. The Morgan fingerprint density at radius 3 is 2.38 bits per heavy atom. The highest BCUT2D eigenvalue weighted by Crippen LogP contribution is 2.64. The molecule has 4 nitrogen and oxygen atoms in total. The topological polar surface area (TPSA) is 71.4 Å². The van der Waals surface area contributed by atoms with Crippen LogP contribution in [0.15, 0.2) is 15.9 Å². The second kappa shape index (κ2) is 6.52. The van der Waals surface area contributed by atoms with Crippen molar-refractivity contribution in [2.75, 3.05) is 5.75 Å². The highest BCUT2D eigenvalue weighted by atomic mass is 79.9. The van der Waals surface area contributed by atoms with Gasteiger partial charge < -0.3 is 5.11 Å². The fourth-order valence-corrected chi connectivity index (χ4v) is 13.8. The number of hydrogen-bond donors (Lipinski definition) is 1. The van der Waals surface area contributed by atoms with Crippen molar-refractivity contribution >= 4 is 51.1 Å². The third-order valence-electron chi connectivity index (χ3n) is 5.56. The summed E-state index contributed by atoms with van der Waals surface area (Å²) in [4.78, 5) is 13.3. The average Bonchev–Trinajstić information content (AvgIpc) is 2.86. The summed E-state index contributed by atoms with van der Waals surface area (Å²) in [6.07, 6.45) is 2.08. The first-order chi connectivity index (χ1) is 11.0. The minimum Gasteiger partial charge on any atom is -0.481 e. The van der Waals surface area contributed by atoms with Gasteiger partial charge in [0, 0.05) is 4.88 Å². The Morgan fingerprint density at radius 2 is 2.00 bits per heavy atom. The van der Waals surface area contributed by atoms with Crippen molar-refractivity contribution in [2.45, 2.75) is 62.0 Å². The van der Waals surface area contributed by atoms with Crippen LogP contribution in [0.3, 0.4) is 0 Å². The molecule has 0 spiro atoms. The Hall–Kier alpha value is -0.183. The van der Waals surface area contributed by atoms with Crippen molar-refractivity contribution in [2.24, 2.45) is 0 Å². The number of hydrogen-bond acceptors (Lipinski definition) is 4. The highest BCUT2D eigenvalue weighted by molar-refractivity contribution is 9.11. The molecule has 1 unspecified atom stereocenters. The van der Waals surface area contributed by atoms with Crippen LogP contribution in [0.1, 0.15) is 37.5 Å². The quantitative estimate of drug-likeness (QED) is 0.646. The molecule has 1 aliphatic heterocycles. The summed E-state index contributed by atoms with van der Waals surface area (Å²) < 4.78 is 26.4. The molecular formula is C16H25BrO4S2Si. The van der Waals surface area contributed by atoms with Gasteiger partial charge in [-0.05, 0) is 47.3 Å². The molecule has 24 heavy (non-hydrogen) atoms. The molecule has 2 heterocycles. The van der Waals surface area contributed by atoms with Crippen LogP contribution >= 0.6 is 27.3 Å². The van der Waals surface area contributed by atoms with E-state index in [1.54, 1.807) is 0 Å². The van der Waals surface area contributed by atoms with Gasteiger partial charge in [0.2, 0.25) is 0 Å². The number of carboxylic acids is 1. The van der Waals surface area contributed by atoms with Gasteiger partial charge in [-0.2, -0.15) is 0 Å². The third-order valence-corrected chi connectivity index (χ3v) is 13.9. The Labute approximate surface area is 157 Å². The molecule has 0 saturated carbocycles. The number of aliphatic carboxylic acids is 1. The molecule has 136 valence electrons. The van der Waals surface area contributed by atoms with Crippen molar-refractivity contribution in [3.63, 3.8) is 0 Å². The molecular weight excluding hydrogens is 428 g/mol. The van der Waals surface area contributed by atoms with Gasteiger partial charge in [0.25, 0.3) is 0 Å². The van der Waals surface area contributed by atoms with Crippen LogP contribution in [0.4, 0.5) is 0 Å². The van der Waals surface area contributed by atoms with Gasteiger partial charge in [0.1, 0.15) is 4.75 Å². The predicted octanol–water partition coefficient (Wildman–Crippen LogP) is 4.88. The standard InChI is InChI=1S/C16H25BrO4S2Si/c1-5-16(14(18)19,24(2,3)4)15(12-8-9-13(17)22-12)10-6-7-11-23(15,20)21/h8-9H,5-7,10-11H2,1-4H3,(H,18,19)/t15-,16?/m1/s1. The van der Waals surface area contributed by atoms with E-state index in [0.29, 0.717) is 24.1 Å². The SMILES string of the molecule is CCC(C(=O)O)([C@]1(c2ccc(Br)s2)CCCCS1(=O)=O)[Si](C)(C)C. The average molecular weight is 453 g/mol. The van der Waals surface area contributed by atoms with Gasteiger partial charge in [-0.15, -0.1) is 11.3 Å². The zero-order valence-electron chi connectivity index (χ0n) is 14.6. The molecule has 0 amide bonds. The number of carboxylic acid groups (broad SMARTS) is 1. The van der Waals surface area contributed by atoms with Gasteiger partial charge in [0.05, 0.1) is 22.7 Å². The number of thiophene rings is 1. The molecule has 2 atom stereocenters. The lowest BCUT2D eigenvalue weighted by molar-refractivity contribution is -0.142. The molecule has 1 aromatic heterocycles. The normalized spacial score (nSPS) is 26.7. The molecule has 8 heteroatoms. The zero-order valence-corrected chi connectivity index (χ0v) is 18.8. The molecule has 1 N–H and O–H groups in total. The molecule has 2 rings (SSSR count). The molecule has 0 radical (unpaired) electrons. The van der Waals surface area contributed by atoms with E-state index >= 15 is 0 Å². The van der Waals surface area contributed by atoms with E-state index in [0.717, 1.165) is 10.2 Å². The van der Waals surface area contributed by atoms with E-state index in [1.807, 2.05) is 38.7 Å². The first-order valence-electron chi connectivity index (χ1n) is 8.18. The van der Waals surface area contributed by atoms with Crippen molar-refractivity contribution in [3.05, 3.63) is 20.8 Å². The fraction of sp³-hybridized carbons (Fsp3) is 0.688. The Kier molecular flexibility index (Phi) is 5.47. The second-order valence-electron chi connectivity index (χ2n) is 7.52. The van der Waals surface area contributed by atoms with Crippen LogP contribution in [-0.4, -0.2) is 33.3 Å². The second-order valence-corrected chi connectivity index (χ2v) is 17.7. The number of carbonyl (C=O) groups is 1. The van der Waals surface area contributed by atoms with Crippen LogP contribution in [-0.2, 0) is 19.4 Å². The van der Waals surface area contributed by atoms with Gasteiger partial charge >= 0.3 is 5.97 Å². The molecule has 1 aromatic rings. The first kappa shape index (κ1) is 20.1. The minimum absolute atomic E-state index is 0.0715. The van der Waals surface area contributed by atoms with Crippen LogP contribution < -0.4 is 0 Å². The minimum atomic E-state index is -3.58. The van der Waals surface area contributed by atoms with E-state index in [4.69, 9.17) is 0 Å². The van der Waals surface area contributed by atoms with Gasteiger partial charge in [0.15, 0.2) is 9.84 Å². The lowest BCUT2D eigenvalue weighted by Gasteiger charge is -2.54. The van der Waals surface area contributed by atoms with Crippen LogP contribution in [0.5, 0.6) is 0 Å². The van der Waals surface area contributed by atoms with Gasteiger partial charge in [-0.1, -0.05) is 33.0 Å². The zero-order chi connectivity index (χ0) is 18.4. The number of halogens is 1. The smallest absolute Gasteiger partial charge is 0.308 e. The van der Waals surface area contributed by atoms with Gasteiger partial charge in [-0.25, -0.2) is 8.42 Å². The Bertz CT molecular complexity index is 738. The van der Waals surface area contributed by atoms with Crippen LogP contribution in [0.25, 0.3) is 0 Å². The van der Waals surface area contributed by atoms with E-state index in [9.17, 15) is 18.3 Å². The summed E-state index contributed by atoms with van der Waals surface area (Å²) >= 11 is 4.79. The Balaban J connectivity index is 2.96. The molecule has 0 aromatic carbocycles. The number of sulfone groups is 1. The summed E-state index contributed by atoms with van der Waals surface area (Å²) in [5, 5.41) is 9.09. The predicted molar refractivity (Wildman–Crippen MR) is 105 cm³/mol. The maximum atomic E-state index is 13.4. The Morgan fingerprint density at radius 1 is 1.38 bits per heavy atom. The van der Waals surface area contributed by atoms with E-state index in [-0.39, 0.29) is 5.75 Å². The summed E-state index contributed by atoms with van der Waals surface area (Å²) in [5.74, 6) is -0.888. The lowest BCUT2D eigenvalue weighted by atomic mass is 9.82. The maximum Gasteiger partial charge on any atom is 0.308 e. The van der Waals surface area contributed by atoms with Crippen LogP contribution in [0.2, 0.25) is 24.7 Å². The van der Waals surface area contributed by atoms with E-state index < -0.39 is 33.7 Å². The first-order valence-corrected chi connectivity index (χ1v) is 14.9. The van der Waals surface area contributed by atoms with Crippen LogP contribution in [0, 0.1) is 0 Å². The van der Waals surface area contributed by atoms with Crippen molar-refractivity contribution in [1.82, 2.24) is 0 Å². The monoisotopic (exact) mass is 452 g/mol. The molecule has 0 bridgehead atoms. The molecule has 0 aliphatic carbocycles. The van der Waals surface area contributed by atoms with Crippen molar-refractivity contribution in [1.29, 1.82) is 0 Å². The van der Waals surface area contributed by atoms with Gasteiger partial charge in [-0.3, -0.25) is 4.79 Å². The van der Waals surface area contributed by atoms with E-state index in [1.165, 1.54) is 11.3 Å². The molecule has 1 aliphatic rings.